The van der Waals surface area contributed by atoms with E-state index in [1.54, 1.807) is 71.0 Å². The maximum absolute atomic E-state index is 13.3. The van der Waals surface area contributed by atoms with Crippen LogP contribution >= 0.6 is 0 Å². The molecule has 0 atom stereocenters. The molecule has 0 saturated carbocycles. The van der Waals surface area contributed by atoms with Gasteiger partial charge in [-0.1, -0.05) is 12.1 Å². The summed E-state index contributed by atoms with van der Waals surface area (Å²) in [6.07, 6.45) is 0. The largest absolute Gasteiger partial charge is 0.493 e. The van der Waals surface area contributed by atoms with Crippen molar-refractivity contribution in [1.82, 2.24) is 10.4 Å². The number of hydrogen-bond donors (Lipinski definition) is 3. The quantitative estimate of drug-likeness (QED) is 0.332. The molecule has 0 unspecified atom stereocenters. The highest BCUT2D eigenvalue weighted by molar-refractivity contribution is 6.06. The minimum atomic E-state index is -0.634. The molecule has 192 valence electrons. The highest BCUT2D eigenvalue weighted by atomic mass is 16.5. The molecular weight excluding hydrogens is 478 g/mol. The number of benzene rings is 3. The summed E-state index contributed by atoms with van der Waals surface area (Å²) in [7, 11) is 3.00. The summed E-state index contributed by atoms with van der Waals surface area (Å²) in [5.41, 5.74) is 4.43. The highest BCUT2D eigenvalue weighted by Crippen LogP contribution is 2.29. The van der Waals surface area contributed by atoms with E-state index in [9.17, 15) is 14.4 Å². The van der Waals surface area contributed by atoms with E-state index >= 15 is 0 Å². The van der Waals surface area contributed by atoms with Gasteiger partial charge in [-0.05, 0) is 59.7 Å². The molecule has 0 aromatic heterocycles. The third-order valence-electron chi connectivity index (χ3n) is 5.96. The molecule has 4 rings (SSSR count). The number of amides is 3. The molecule has 37 heavy (non-hydrogen) atoms. The summed E-state index contributed by atoms with van der Waals surface area (Å²) in [6.45, 7) is 1.87. The first kappa shape index (κ1) is 25.7. The number of carbonyl (C=O) groups excluding carboxylic acids is 3. The zero-order valence-electron chi connectivity index (χ0n) is 20.4. The van der Waals surface area contributed by atoms with Gasteiger partial charge in [-0.15, -0.1) is 0 Å². The summed E-state index contributed by atoms with van der Waals surface area (Å²) in [5, 5.41) is 11.7. The molecule has 3 aromatic carbocycles. The van der Waals surface area contributed by atoms with Crippen molar-refractivity contribution in [3.05, 3.63) is 77.4 Å². The Labute approximate surface area is 213 Å². The van der Waals surface area contributed by atoms with Crippen molar-refractivity contribution in [3.63, 3.8) is 0 Å². The van der Waals surface area contributed by atoms with Crippen molar-refractivity contribution in [3.8, 4) is 22.6 Å². The van der Waals surface area contributed by atoms with Gasteiger partial charge in [0.25, 0.3) is 17.7 Å². The lowest BCUT2D eigenvalue weighted by Crippen LogP contribution is -2.40. The van der Waals surface area contributed by atoms with E-state index in [0.717, 1.165) is 0 Å². The average Bonchev–Trinajstić information content (AvgIpc) is 2.96. The zero-order chi connectivity index (χ0) is 26.4. The van der Waals surface area contributed by atoms with Crippen LogP contribution < -0.4 is 20.3 Å². The second-order valence-electron chi connectivity index (χ2n) is 8.25. The van der Waals surface area contributed by atoms with E-state index in [1.165, 1.54) is 14.2 Å². The molecule has 10 heteroatoms. The number of morpholine rings is 1. The first-order valence-corrected chi connectivity index (χ1v) is 11.5. The first-order chi connectivity index (χ1) is 17.9. The van der Waals surface area contributed by atoms with Crippen LogP contribution in [0.3, 0.4) is 0 Å². The molecule has 1 heterocycles. The molecule has 3 aromatic rings. The number of ether oxygens (including phenoxy) is 3. The molecule has 1 aliphatic rings. The Morgan fingerprint density at radius 1 is 0.784 bits per heavy atom. The van der Waals surface area contributed by atoms with Crippen LogP contribution in [0.1, 0.15) is 31.1 Å². The van der Waals surface area contributed by atoms with Crippen LogP contribution in [0.4, 0.5) is 5.69 Å². The molecule has 0 aliphatic carbocycles. The van der Waals surface area contributed by atoms with Gasteiger partial charge in [-0.2, -0.15) is 0 Å². The van der Waals surface area contributed by atoms with Gasteiger partial charge < -0.3 is 24.4 Å². The molecule has 3 amide bonds. The fourth-order valence-corrected chi connectivity index (χ4v) is 4.00. The lowest BCUT2D eigenvalue weighted by atomic mass is 9.99. The van der Waals surface area contributed by atoms with Crippen LogP contribution in [0.25, 0.3) is 11.1 Å². The predicted octanol–water partition coefficient (Wildman–Crippen LogP) is 3.21. The number of carbonyl (C=O) groups is 3. The van der Waals surface area contributed by atoms with Gasteiger partial charge in [0.2, 0.25) is 0 Å². The molecule has 0 radical (unpaired) electrons. The molecule has 3 N–H and O–H groups in total. The van der Waals surface area contributed by atoms with Crippen molar-refractivity contribution >= 4 is 23.4 Å². The van der Waals surface area contributed by atoms with Gasteiger partial charge >= 0.3 is 0 Å². The van der Waals surface area contributed by atoms with Crippen molar-refractivity contribution in [2.45, 2.75) is 0 Å². The van der Waals surface area contributed by atoms with Crippen LogP contribution in [0.15, 0.2) is 60.7 Å². The minimum absolute atomic E-state index is 0.178. The van der Waals surface area contributed by atoms with E-state index in [0.29, 0.717) is 65.7 Å². The summed E-state index contributed by atoms with van der Waals surface area (Å²) in [5.74, 6) is -0.289. The SMILES string of the molecule is COc1ccc(C(=O)Nc2cc(C(=O)N3CCOCC3)cc(-c3ccc(C(=O)NO)cc3)c2)cc1OC. The third kappa shape index (κ3) is 5.88. The van der Waals surface area contributed by atoms with Crippen LogP contribution in [0.2, 0.25) is 0 Å². The van der Waals surface area contributed by atoms with Gasteiger partial charge in [0.15, 0.2) is 11.5 Å². The number of nitrogens with zero attached hydrogens (tertiary/aromatic N) is 1. The molecule has 1 aliphatic heterocycles. The van der Waals surface area contributed by atoms with Gasteiger partial charge in [-0.25, -0.2) is 5.48 Å². The summed E-state index contributed by atoms with van der Waals surface area (Å²) in [4.78, 5) is 39.7. The van der Waals surface area contributed by atoms with Crippen molar-refractivity contribution in [1.29, 1.82) is 0 Å². The number of anilines is 1. The van der Waals surface area contributed by atoms with Crippen molar-refractivity contribution in [2.24, 2.45) is 0 Å². The van der Waals surface area contributed by atoms with Crippen LogP contribution in [0.5, 0.6) is 11.5 Å². The van der Waals surface area contributed by atoms with E-state index in [2.05, 4.69) is 5.32 Å². The van der Waals surface area contributed by atoms with Gasteiger partial charge in [0.1, 0.15) is 0 Å². The van der Waals surface area contributed by atoms with E-state index in [4.69, 9.17) is 19.4 Å². The van der Waals surface area contributed by atoms with Gasteiger partial charge in [0.05, 0.1) is 27.4 Å². The summed E-state index contributed by atoms with van der Waals surface area (Å²) >= 11 is 0. The number of methoxy groups -OCH3 is 2. The summed E-state index contributed by atoms with van der Waals surface area (Å²) < 4.78 is 15.9. The van der Waals surface area contributed by atoms with Crippen molar-refractivity contribution in [2.75, 3.05) is 45.8 Å². The van der Waals surface area contributed by atoms with E-state index < -0.39 is 11.8 Å². The third-order valence-corrected chi connectivity index (χ3v) is 5.96. The Bertz CT molecular complexity index is 1300. The zero-order valence-corrected chi connectivity index (χ0v) is 20.4. The van der Waals surface area contributed by atoms with E-state index in [1.807, 2.05) is 0 Å². The van der Waals surface area contributed by atoms with E-state index in [-0.39, 0.29) is 11.5 Å². The number of nitrogens with one attached hydrogen (secondary N) is 2. The van der Waals surface area contributed by atoms with Gasteiger partial charge in [0, 0.05) is 35.5 Å². The lowest BCUT2D eigenvalue weighted by molar-refractivity contribution is 0.0303. The Morgan fingerprint density at radius 3 is 2.11 bits per heavy atom. The maximum Gasteiger partial charge on any atom is 0.274 e. The predicted molar refractivity (Wildman–Crippen MR) is 135 cm³/mol. The number of rotatable bonds is 7. The Balaban J connectivity index is 1.68. The Morgan fingerprint density at radius 2 is 1.46 bits per heavy atom. The Kier molecular flexibility index (Phi) is 8.02. The molecule has 10 nitrogen and oxygen atoms in total. The molecular formula is C27H27N3O7. The van der Waals surface area contributed by atoms with Crippen molar-refractivity contribution < 1.29 is 33.8 Å². The number of hydroxylamine groups is 1. The average molecular weight is 506 g/mol. The monoisotopic (exact) mass is 505 g/mol. The second kappa shape index (κ2) is 11.5. The van der Waals surface area contributed by atoms with Crippen LogP contribution in [0, 0.1) is 0 Å². The minimum Gasteiger partial charge on any atom is -0.493 e. The number of hydrogen-bond acceptors (Lipinski definition) is 7. The molecule has 0 bridgehead atoms. The standard InChI is InChI=1S/C27H27N3O7/c1-35-23-8-7-19(16-24(23)36-2)25(31)28-22-14-20(17-3-5-18(6-4-17)26(32)29-34)13-21(15-22)27(33)30-9-11-37-12-10-30/h3-8,13-16,34H,9-12H2,1-2H3,(H,28,31)(H,29,32). The normalized spacial score (nSPS) is 13.0. The highest BCUT2D eigenvalue weighted by Gasteiger charge is 2.21. The lowest BCUT2D eigenvalue weighted by Gasteiger charge is -2.27. The van der Waals surface area contributed by atoms with Crippen LogP contribution in [-0.4, -0.2) is 68.4 Å². The maximum atomic E-state index is 13.3. The smallest absolute Gasteiger partial charge is 0.274 e. The fourth-order valence-electron chi connectivity index (χ4n) is 4.00. The van der Waals surface area contributed by atoms with Crippen LogP contribution in [-0.2, 0) is 4.74 Å². The fraction of sp³-hybridized carbons (Fsp3) is 0.222. The molecule has 1 fully saturated rings. The first-order valence-electron chi connectivity index (χ1n) is 11.5. The molecule has 1 saturated heterocycles. The summed E-state index contributed by atoms with van der Waals surface area (Å²) in [6, 6.07) is 16.5. The Hall–Kier alpha value is -4.41. The van der Waals surface area contributed by atoms with Gasteiger partial charge in [-0.3, -0.25) is 19.6 Å². The molecule has 0 spiro atoms. The second-order valence-corrected chi connectivity index (χ2v) is 8.25. The topological polar surface area (TPSA) is 126 Å².